The van der Waals surface area contributed by atoms with Gasteiger partial charge < -0.3 is 15.1 Å². The van der Waals surface area contributed by atoms with Crippen LogP contribution in [0, 0.1) is 6.92 Å². The summed E-state index contributed by atoms with van der Waals surface area (Å²) in [4.78, 5) is 24.3. The van der Waals surface area contributed by atoms with Crippen molar-refractivity contribution >= 4 is 33.6 Å². The molecule has 1 aliphatic rings. The molecule has 1 aliphatic heterocycles. The highest BCUT2D eigenvalue weighted by atomic mass is 79.9. The minimum absolute atomic E-state index is 0.0393. The molecule has 3 N–H and O–H groups in total. The number of aryl methyl sites for hydroxylation is 1. The largest absolute Gasteiger partial charge is 0.444 e. The van der Waals surface area contributed by atoms with E-state index >= 15 is 0 Å². The topological polar surface area (TPSA) is 101 Å². The average molecular weight is 410 g/mol. The zero-order chi connectivity index (χ0) is 18.0. The summed E-state index contributed by atoms with van der Waals surface area (Å²) >= 11 is 3.17. The molecule has 1 saturated heterocycles. The number of furan rings is 1. The first-order valence-corrected chi connectivity index (χ1v) is 8.94. The second-order valence-electron chi connectivity index (χ2n) is 6.00. The van der Waals surface area contributed by atoms with E-state index in [1.807, 2.05) is 6.92 Å². The maximum Gasteiger partial charge on any atom is 0.292 e. The molecule has 3 rings (SSSR count). The van der Waals surface area contributed by atoms with Crippen molar-refractivity contribution in [1.82, 2.24) is 20.4 Å². The van der Waals surface area contributed by atoms with Gasteiger partial charge in [-0.15, -0.1) is 0 Å². The highest BCUT2D eigenvalue weighted by molar-refractivity contribution is 9.10. The Labute approximate surface area is 153 Å². The summed E-state index contributed by atoms with van der Waals surface area (Å²) in [7, 11) is 0. The third kappa shape index (κ3) is 4.10. The third-order valence-corrected chi connectivity index (χ3v) is 4.33. The highest BCUT2D eigenvalue weighted by Crippen LogP contribution is 2.20. The van der Waals surface area contributed by atoms with Gasteiger partial charge in [0, 0.05) is 18.5 Å². The fourth-order valence-corrected chi connectivity index (χ4v) is 3.15. The smallest absolute Gasteiger partial charge is 0.292 e. The number of carbonyl (C=O) groups is 2. The fourth-order valence-electron chi connectivity index (χ4n) is 2.85. The number of aromatic nitrogens is 2. The molecule has 2 aromatic rings. The van der Waals surface area contributed by atoms with Crippen LogP contribution in [0.5, 0.6) is 0 Å². The Bertz CT molecular complexity index is 785. The lowest BCUT2D eigenvalue weighted by molar-refractivity contribution is -0.125. The standard InChI is InChI=1S/C16H20BrN5O3/c1-3-4-10-8-14(23)20-16(18-10)22-13(7-9(2)21-22)19-15(24)11-5-6-12(17)25-11/h5-7,10,16,18H,3-4,8H2,1-2H3,(H,19,24)(H,20,23). The fraction of sp³-hybridized carbons (Fsp3) is 0.438. The van der Waals surface area contributed by atoms with Gasteiger partial charge in [-0.05, 0) is 41.4 Å². The maximum atomic E-state index is 12.3. The van der Waals surface area contributed by atoms with Crippen LogP contribution in [0.25, 0.3) is 0 Å². The molecular formula is C16H20BrN5O3. The second-order valence-corrected chi connectivity index (χ2v) is 6.78. The van der Waals surface area contributed by atoms with E-state index < -0.39 is 6.29 Å². The predicted octanol–water partition coefficient (Wildman–Crippen LogP) is 2.53. The van der Waals surface area contributed by atoms with Crippen LogP contribution < -0.4 is 16.0 Å². The van der Waals surface area contributed by atoms with Crippen LogP contribution in [-0.4, -0.2) is 27.6 Å². The van der Waals surface area contributed by atoms with Crippen molar-refractivity contribution in [3.8, 4) is 0 Å². The second kappa shape index (κ2) is 7.40. The van der Waals surface area contributed by atoms with Crippen LogP contribution in [-0.2, 0) is 4.79 Å². The van der Waals surface area contributed by atoms with Gasteiger partial charge in [0.2, 0.25) is 5.91 Å². The Morgan fingerprint density at radius 3 is 3.00 bits per heavy atom. The normalized spacial score (nSPS) is 20.4. The van der Waals surface area contributed by atoms with E-state index in [4.69, 9.17) is 4.42 Å². The maximum absolute atomic E-state index is 12.3. The molecule has 1 fully saturated rings. The average Bonchev–Trinajstić information content (AvgIpc) is 3.13. The Balaban J connectivity index is 1.80. The number of hydrogen-bond donors (Lipinski definition) is 3. The lowest BCUT2D eigenvalue weighted by Crippen LogP contribution is -2.53. The van der Waals surface area contributed by atoms with Crippen molar-refractivity contribution in [3.63, 3.8) is 0 Å². The van der Waals surface area contributed by atoms with Crippen molar-refractivity contribution in [3.05, 3.63) is 34.3 Å². The number of amides is 2. The third-order valence-electron chi connectivity index (χ3n) is 3.90. The van der Waals surface area contributed by atoms with Crippen LogP contribution in [0.4, 0.5) is 5.82 Å². The first-order valence-electron chi connectivity index (χ1n) is 8.14. The molecule has 0 aromatic carbocycles. The van der Waals surface area contributed by atoms with Crippen molar-refractivity contribution in [2.45, 2.75) is 45.4 Å². The van der Waals surface area contributed by atoms with Crippen LogP contribution in [0.2, 0.25) is 0 Å². The summed E-state index contributed by atoms with van der Waals surface area (Å²) in [5.74, 6) is 0.230. The van der Waals surface area contributed by atoms with E-state index in [9.17, 15) is 9.59 Å². The molecule has 0 radical (unpaired) electrons. The molecule has 2 atom stereocenters. The van der Waals surface area contributed by atoms with Gasteiger partial charge in [0.05, 0.1) is 5.69 Å². The SMILES string of the molecule is CCCC1CC(=O)NC(n2nc(C)cc2NC(=O)c2ccc(Br)o2)N1. The predicted molar refractivity (Wildman–Crippen MR) is 95.0 cm³/mol. The minimum atomic E-state index is -0.509. The van der Waals surface area contributed by atoms with E-state index in [2.05, 4.69) is 43.9 Å². The molecule has 2 unspecified atom stereocenters. The number of halogens is 1. The molecule has 0 saturated carbocycles. The van der Waals surface area contributed by atoms with Crippen LogP contribution in [0.1, 0.15) is 48.7 Å². The van der Waals surface area contributed by atoms with Crippen molar-refractivity contribution in [2.75, 3.05) is 5.32 Å². The number of hydrogen-bond acceptors (Lipinski definition) is 5. The van der Waals surface area contributed by atoms with Gasteiger partial charge in [0.15, 0.2) is 16.7 Å². The molecule has 9 heteroatoms. The van der Waals surface area contributed by atoms with Crippen LogP contribution in [0.15, 0.2) is 27.3 Å². The molecule has 3 heterocycles. The van der Waals surface area contributed by atoms with Crippen molar-refractivity contribution < 1.29 is 14.0 Å². The lowest BCUT2D eigenvalue weighted by Gasteiger charge is -2.32. The van der Waals surface area contributed by atoms with Gasteiger partial charge >= 0.3 is 0 Å². The number of nitrogens with one attached hydrogen (secondary N) is 3. The summed E-state index contributed by atoms with van der Waals surface area (Å²) in [6.07, 6.45) is 1.80. The summed E-state index contributed by atoms with van der Waals surface area (Å²) in [6.45, 7) is 3.90. The van der Waals surface area contributed by atoms with Crippen molar-refractivity contribution in [2.24, 2.45) is 0 Å². The highest BCUT2D eigenvalue weighted by Gasteiger charge is 2.28. The Hall–Kier alpha value is -2.13. The Morgan fingerprint density at radius 1 is 1.52 bits per heavy atom. The molecule has 2 aromatic heterocycles. The van der Waals surface area contributed by atoms with Gasteiger partial charge in [-0.2, -0.15) is 5.10 Å². The van der Waals surface area contributed by atoms with E-state index in [1.54, 1.807) is 22.9 Å². The van der Waals surface area contributed by atoms with E-state index in [-0.39, 0.29) is 23.6 Å². The van der Waals surface area contributed by atoms with Gasteiger partial charge in [-0.3, -0.25) is 14.9 Å². The van der Waals surface area contributed by atoms with Crippen LogP contribution >= 0.6 is 15.9 Å². The summed E-state index contributed by atoms with van der Waals surface area (Å²) in [6, 6.07) is 5.05. The molecule has 0 spiro atoms. The van der Waals surface area contributed by atoms with Gasteiger partial charge in [0.25, 0.3) is 5.91 Å². The van der Waals surface area contributed by atoms with Crippen LogP contribution in [0.3, 0.4) is 0 Å². The van der Waals surface area contributed by atoms with Crippen molar-refractivity contribution in [1.29, 1.82) is 0 Å². The van der Waals surface area contributed by atoms with E-state index in [0.29, 0.717) is 16.9 Å². The molecule has 2 amide bonds. The number of nitrogens with zero attached hydrogens (tertiary/aromatic N) is 2. The zero-order valence-corrected chi connectivity index (χ0v) is 15.6. The first-order chi connectivity index (χ1) is 12.0. The van der Waals surface area contributed by atoms with E-state index in [1.165, 1.54) is 0 Å². The minimum Gasteiger partial charge on any atom is -0.444 e. The van der Waals surface area contributed by atoms with E-state index in [0.717, 1.165) is 18.5 Å². The first kappa shape index (κ1) is 17.7. The molecule has 25 heavy (non-hydrogen) atoms. The number of rotatable bonds is 5. The lowest BCUT2D eigenvalue weighted by atomic mass is 10.1. The molecule has 0 aliphatic carbocycles. The number of anilines is 1. The summed E-state index contributed by atoms with van der Waals surface area (Å²) in [5, 5.41) is 13.4. The number of carbonyl (C=O) groups excluding carboxylic acids is 2. The Kier molecular flexibility index (Phi) is 5.24. The van der Waals surface area contributed by atoms with Gasteiger partial charge in [-0.1, -0.05) is 13.3 Å². The molecule has 8 nitrogen and oxygen atoms in total. The monoisotopic (exact) mass is 409 g/mol. The zero-order valence-electron chi connectivity index (χ0n) is 14.0. The quantitative estimate of drug-likeness (QED) is 0.704. The molecular weight excluding hydrogens is 390 g/mol. The summed E-state index contributed by atoms with van der Waals surface area (Å²) in [5.41, 5.74) is 0.726. The molecule has 134 valence electrons. The Morgan fingerprint density at radius 2 is 2.32 bits per heavy atom. The van der Waals surface area contributed by atoms with Gasteiger partial charge in [0.1, 0.15) is 5.82 Å². The summed E-state index contributed by atoms with van der Waals surface area (Å²) < 4.78 is 7.32. The van der Waals surface area contributed by atoms with Gasteiger partial charge in [-0.25, -0.2) is 4.68 Å². The molecule has 0 bridgehead atoms.